The molecule has 5 rings (SSSR count). The molecule has 0 amide bonds. The summed E-state index contributed by atoms with van der Waals surface area (Å²) in [6, 6.07) is 5.39. The fourth-order valence-electron chi connectivity index (χ4n) is 4.67. The van der Waals surface area contributed by atoms with Crippen LogP contribution in [0, 0.1) is 17.2 Å². The first-order chi connectivity index (χ1) is 15.0. The molecule has 2 aromatic heterocycles. The fraction of sp³-hybridized carbons (Fsp3) is 0.550. The first-order valence-electron chi connectivity index (χ1n) is 10.2. The van der Waals surface area contributed by atoms with Crippen LogP contribution in [0.25, 0.3) is 5.52 Å². The Morgan fingerprint density at radius 1 is 1.32 bits per heavy atom. The van der Waals surface area contributed by atoms with Crippen molar-refractivity contribution in [2.75, 3.05) is 12.3 Å². The number of nitrogens with two attached hydrogens (primary N) is 1. The zero-order chi connectivity index (χ0) is 21.6. The molecule has 4 heterocycles. The average molecular weight is 427 g/mol. The van der Waals surface area contributed by atoms with Crippen LogP contribution in [0.15, 0.2) is 18.5 Å². The summed E-state index contributed by atoms with van der Waals surface area (Å²) >= 11 is 0. The van der Waals surface area contributed by atoms with E-state index in [9.17, 15) is 14.9 Å². The monoisotopic (exact) mass is 427 g/mol. The highest BCUT2D eigenvalue weighted by Crippen LogP contribution is 2.46. The number of ether oxygens (including phenoxy) is 4. The minimum Gasteiger partial charge on any atom is -0.463 e. The number of fused-ring (bicyclic) bond motifs is 2. The first-order valence-corrected chi connectivity index (χ1v) is 10.2. The Hall–Kier alpha value is -3.39. The van der Waals surface area contributed by atoms with Crippen molar-refractivity contribution in [2.45, 2.75) is 56.0 Å². The van der Waals surface area contributed by atoms with Crippen LogP contribution >= 0.6 is 0 Å². The van der Waals surface area contributed by atoms with Crippen LogP contribution < -0.4 is 5.73 Å². The molecule has 0 aromatic carbocycles. The van der Waals surface area contributed by atoms with Crippen LogP contribution in [0.3, 0.4) is 0 Å². The number of hydrogen-bond donors (Lipinski definition) is 1. The third-order valence-electron chi connectivity index (χ3n) is 6.22. The van der Waals surface area contributed by atoms with Crippen LogP contribution in [-0.4, -0.2) is 51.6 Å². The number of rotatable bonds is 4. The number of nitrogens with zero attached hydrogens (tertiary/aromatic N) is 4. The number of carbonyl (C=O) groups is 2. The number of hydrogen-bond acceptors (Lipinski definition) is 10. The maximum absolute atomic E-state index is 12.5. The van der Waals surface area contributed by atoms with E-state index in [1.165, 1.54) is 10.8 Å². The van der Waals surface area contributed by atoms with Gasteiger partial charge in [0.1, 0.15) is 30.6 Å². The van der Waals surface area contributed by atoms with Gasteiger partial charge in [0.2, 0.25) is 5.60 Å². The van der Waals surface area contributed by atoms with E-state index in [0.717, 1.165) is 32.1 Å². The van der Waals surface area contributed by atoms with Crippen molar-refractivity contribution >= 4 is 23.5 Å². The van der Waals surface area contributed by atoms with Gasteiger partial charge in [-0.2, -0.15) is 10.4 Å². The molecule has 0 unspecified atom stereocenters. The van der Waals surface area contributed by atoms with E-state index in [-0.39, 0.29) is 24.3 Å². The number of nitriles is 1. The number of anilines is 1. The molecular weight excluding hydrogens is 406 g/mol. The van der Waals surface area contributed by atoms with Gasteiger partial charge in [0.25, 0.3) is 0 Å². The molecule has 2 aliphatic heterocycles. The second kappa shape index (κ2) is 7.39. The highest BCUT2D eigenvalue weighted by Gasteiger charge is 2.65. The molecule has 162 valence electrons. The topological polar surface area (TPSA) is 151 Å². The molecule has 0 radical (unpaired) electrons. The largest absolute Gasteiger partial charge is 0.509 e. The highest BCUT2D eigenvalue weighted by atomic mass is 16.8. The van der Waals surface area contributed by atoms with Gasteiger partial charge in [0.05, 0.1) is 11.6 Å². The van der Waals surface area contributed by atoms with Gasteiger partial charge in [-0.25, -0.2) is 14.3 Å². The third-order valence-corrected chi connectivity index (χ3v) is 6.22. The molecule has 3 aliphatic rings. The zero-order valence-electron chi connectivity index (χ0n) is 16.6. The predicted octanol–water partition coefficient (Wildman–Crippen LogP) is 1.46. The van der Waals surface area contributed by atoms with Gasteiger partial charge in [-0.15, -0.1) is 0 Å². The first kappa shape index (κ1) is 19.6. The molecule has 31 heavy (non-hydrogen) atoms. The lowest BCUT2D eigenvalue weighted by atomic mass is 9.89. The number of aromatic nitrogens is 3. The number of carbonyl (C=O) groups excluding carboxylic acids is 2. The Bertz CT molecular complexity index is 1070. The summed E-state index contributed by atoms with van der Waals surface area (Å²) in [4.78, 5) is 28.3. The molecule has 0 bridgehead atoms. The van der Waals surface area contributed by atoms with Gasteiger partial charge in [-0.05, 0) is 25.0 Å². The van der Waals surface area contributed by atoms with Gasteiger partial charge in [0, 0.05) is 0 Å². The molecule has 3 fully saturated rings. The molecule has 0 spiro atoms. The molecule has 4 atom stereocenters. The van der Waals surface area contributed by atoms with E-state index in [2.05, 4.69) is 16.2 Å². The summed E-state index contributed by atoms with van der Waals surface area (Å²) in [5.74, 6) is -0.210. The Morgan fingerprint density at radius 3 is 2.90 bits per heavy atom. The molecule has 2 saturated heterocycles. The summed E-state index contributed by atoms with van der Waals surface area (Å²) in [7, 11) is 0. The van der Waals surface area contributed by atoms with Crippen molar-refractivity contribution in [3.05, 3.63) is 24.2 Å². The van der Waals surface area contributed by atoms with Gasteiger partial charge >= 0.3 is 12.1 Å². The standard InChI is InChI=1S/C20H21N5O6/c21-9-20(14-7-6-12-17(22)23-10-24-25(12)14)16-15(29-19(27)30-16)13(31-20)8-28-18(26)11-4-2-1-3-5-11/h6-7,10-11,13,15-16H,1-5,8H2,(H2,22,23,24)/t13-,15-,16-,20+/m1/s1. The fourth-order valence-corrected chi connectivity index (χ4v) is 4.67. The third kappa shape index (κ3) is 3.06. The minimum absolute atomic E-state index is 0.136. The van der Waals surface area contributed by atoms with Gasteiger partial charge in [-0.1, -0.05) is 19.3 Å². The maximum atomic E-state index is 12.5. The van der Waals surface area contributed by atoms with Crippen molar-refractivity contribution in [1.82, 2.24) is 14.6 Å². The molecule has 2 aromatic rings. The summed E-state index contributed by atoms with van der Waals surface area (Å²) in [6.07, 6.45) is 2.24. The summed E-state index contributed by atoms with van der Waals surface area (Å²) in [5, 5.41) is 14.3. The lowest BCUT2D eigenvalue weighted by Crippen LogP contribution is -2.39. The maximum Gasteiger partial charge on any atom is 0.509 e. The van der Waals surface area contributed by atoms with Crippen molar-refractivity contribution in [3.8, 4) is 6.07 Å². The van der Waals surface area contributed by atoms with E-state index < -0.39 is 30.1 Å². The Morgan fingerprint density at radius 2 is 2.13 bits per heavy atom. The zero-order valence-corrected chi connectivity index (χ0v) is 16.6. The second-order valence-corrected chi connectivity index (χ2v) is 8.00. The van der Waals surface area contributed by atoms with Crippen LogP contribution in [-0.2, 0) is 29.3 Å². The smallest absolute Gasteiger partial charge is 0.463 e. The second-order valence-electron chi connectivity index (χ2n) is 8.00. The summed E-state index contributed by atoms with van der Waals surface area (Å²) in [6.45, 7) is -0.156. The Kier molecular flexibility index (Phi) is 4.66. The van der Waals surface area contributed by atoms with Gasteiger partial charge < -0.3 is 24.7 Å². The molecule has 2 N–H and O–H groups in total. The van der Waals surface area contributed by atoms with Gasteiger partial charge in [0.15, 0.2) is 18.0 Å². The minimum atomic E-state index is -1.72. The molecule has 11 nitrogen and oxygen atoms in total. The van der Waals surface area contributed by atoms with Crippen LogP contribution in [0.1, 0.15) is 37.8 Å². The van der Waals surface area contributed by atoms with E-state index in [1.807, 2.05) is 0 Å². The average Bonchev–Trinajstić information content (AvgIpc) is 3.46. The lowest BCUT2D eigenvalue weighted by Gasteiger charge is -2.25. The van der Waals surface area contributed by atoms with Crippen molar-refractivity contribution < 1.29 is 28.5 Å². The predicted molar refractivity (Wildman–Crippen MR) is 102 cm³/mol. The lowest BCUT2D eigenvalue weighted by molar-refractivity contribution is -0.157. The molecule has 1 saturated carbocycles. The normalized spacial score (nSPS) is 30.4. The van der Waals surface area contributed by atoms with E-state index >= 15 is 0 Å². The summed E-state index contributed by atoms with van der Waals surface area (Å²) < 4.78 is 23.6. The molecule has 11 heteroatoms. The van der Waals surface area contributed by atoms with E-state index in [1.54, 1.807) is 12.1 Å². The quantitative estimate of drug-likeness (QED) is 0.710. The molecular formula is C20H21N5O6. The Balaban J connectivity index is 1.43. The summed E-state index contributed by atoms with van der Waals surface area (Å²) in [5.41, 5.74) is 4.97. The molecule has 1 aliphatic carbocycles. The number of esters is 1. The van der Waals surface area contributed by atoms with Crippen LogP contribution in [0.4, 0.5) is 10.6 Å². The van der Waals surface area contributed by atoms with Gasteiger partial charge in [-0.3, -0.25) is 4.79 Å². The SMILES string of the molecule is N#C[C@@]1(c2ccc3c(N)ncnn23)O[C@H](COC(=O)C2CCCCC2)[C@H]2OC(=O)O[C@H]21. The highest BCUT2D eigenvalue weighted by molar-refractivity contribution is 5.72. The van der Waals surface area contributed by atoms with Crippen LogP contribution in [0.2, 0.25) is 0 Å². The van der Waals surface area contributed by atoms with Crippen molar-refractivity contribution in [1.29, 1.82) is 5.26 Å². The Labute approximate surface area is 177 Å². The van der Waals surface area contributed by atoms with Crippen LogP contribution in [0.5, 0.6) is 0 Å². The number of nitrogen functional groups attached to an aromatic ring is 1. The van der Waals surface area contributed by atoms with Crippen molar-refractivity contribution in [2.24, 2.45) is 5.92 Å². The van der Waals surface area contributed by atoms with Crippen molar-refractivity contribution in [3.63, 3.8) is 0 Å². The van der Waals surface area contributed by atoms with E-state index in [4.69, 9.17) is 24.7 Å². The van der Waals surface area contributed by atoms with E-state index in [0.29, 0.717) is 11.2 Å².